The Balaban J connectivity index is 2.37. The van der Waals surface area contributed by atoms with Crippen LogP contribution >= 0.6 is 15.9 Å². The molecule has 0 aliphatic rings. The summed E-state index contributed by atoms with van der Waals surface area (Å²) in [5.41, 5.74) is 2.70. The summed E-state index contributed by atoms with van der Waals surface area (Å²) in [5.74, 6) is 1.54. The van der Waals surface area contributed by atoms with Crippen LogP contribution in [0.2, 0.25) is 0 Å². The maximum Gasteiger partial charge on any atom is 0.131 e. The molecule has 0 N–H and O–H groups in total. The molecule has 0 atom stereocenters. The fraction of sp³-hybridized carbons (Fsp3) is 0.133. The number of nitriles is 1. The Morgan fingerprint density at radius 3 is 2.67 bits per heavy atom. The minimum absolute atomic E-state index is 0.604. The standard InChI is InChI=1S/C15H12BrNO/c1-11-6-7-12(10-17)8-15(11)18-14-5-3-2-4-13(14)9-16/h2-8H,9H2,1H3. The van der Waals surface area contributed by atoms with Gasteiger partial charge in [-0.25, -0.2) is 0 Å². The number of hydrogen-bond acceptors (Lipinski definition) is 2. The van der Waals surface area contributed by atoms with Gasteiger partial charge in [0.05, 0.1) is 11.6 Å². The van der Waals surface area contributed by atoms with Crippen molar-refractivity contribution in [3.05, 3.63) is 59.2 Å². The van der Waals surface area contributed by atoms with Gasteiger partial charge in [0.2, 0.25) is 0 Å². The summed E-state index contributed by atoms with van der Waals surface area (Å²) in [6, 6.07) is 15.4. The molecular weight excluding hydrogens is 290 g/mol. The molecule has 2 rings (SSSR count). The molecule has 0 aromatic heterocycles. The molecule has 0 aliphatic heterocycles. The maximum atomic E-state index is 8.91. The summed E-state index contributed by atoms with van der Waals surface area (Å²) < 4.78 is 5.89. The van der Waals surface area contributed by atoms with Crippen LogP contribution in [-0.2, 0) is 5.33 Å². The first-order chi connectivity index (χ1) is 8.74. The average molecular weight is 302 g/mol. The fourth-order valence-electron chi connectivity index (χ4n) is 1.61. The Hall–Kier alpha value is -1.79. The monoisotopic (exact) mass is 301 g/mol. The van der Waals surface area contributed by atoms with Crippen molar-refractivity contribution in [2.24, 2.45) is 0 Å². The first kappa shape index (κ1) is 12.7. The molecule has 0 fully saturated rings. The molecule has 0 saturated carbocycles. The summed E-state index contributed by atoms with van der Waals surface area (Å²) in [5, 5.41) is 9.64. The van der Waals surface area contributed by atoms with Crippen LogP contribution in [-0.4, -0.2) is 0 Å². The van der Waals surface area contributed by atoms with Crippen LogP contribution in [0.25, 0.3) is 0 Å². The van der Waals surface area contributed by atoms with Gasteiger partial charge in [-0.05, 0) is 30.7 Å². The van der Waals surface area contributed by atoms with E-state index in [-0.39, 0.29) is 0 Å². The van der Waals surface area contributed by atoms with E-state index in [0.29, 0.717) is 5.56 Å². The molecular formula is C15H12BrNO. The summed E-state index contributed by atoms with van der Waals surface area (Å²) in [6.45, 7) is 1.97. The van der Waals surface area contributed by atoms with E-state index in [1.165, 1.54) is 0 Å². The normalized spacial score (nSPS) is 9.83. The average Bonchev–Trinajstić information content (AvgIpc) is 2.42. The number of ether oxygens (including phenoxy) is 1. The van der Waals surface area contributed by atoms with Crippen molar-refractivity contribution >= 4 is 15.9 Å². The van der Waals surface area contributed by atoms with Gasteiger partial charge in [0.25, 0.3) is 0 Å². The zero-order valence-corrected chi connectivity index (χ0v) is 11.6. The van der Waals surface area contributed by atoms with Crippen LogP contribution in [0.5, 0.6) is 11.5 Å². The zero-order chi connectivity index (χ0) is 13.0. The number of halogens is 1. The minimum atomic E-state index is 0.604. The second-order valence-electron chi connectivity index (χ2n) is 3.94. The van der Waals surface area contributed by atoms with Gasteiger partial charge in [0, 0.05) is 10.9 Å². The summed E-state index contributed by atoms with van der Waals surface area (Å²) in [6.07, 6.45) is 0. The minimum Gasteiger partial charge on any atom is -0.457 e. The second kappa shape index (κ2) is 5.70. The zero-order valence-electron chi connectivity index (χ0n) is 9.98. The third kappa shape index (κ3) is 2.72. The van der Waals surface area contributed by atoms with Crippen molar-refractivity contribution in [3.63, 3.8) is 0 Å². The van der Waals surface area contributed by atoms with Crippen LogP contribution in [0.1, 0.15) is 16.7 Å². The van der Waals surface area contributed by atoms with Crippen molar-refractivity contribution in [1.82, 2.24) is 0 Å². The van der Waals surface area contributed by atoms with E-state index in [1.807, 2.05) is 37.3 Å². The predicted molar refractivity (Wildman–Crippen MR) is 75.0 cm³/mol. The van der Waals surface area contributed by atoms with Crippen molar-refractivity contribution in [2.75, 3.05) is 0 Å². The van der Waals surface area contributed by atoms with Crippen LogP contribution in [0.3, 0.4) is 0 Å². The van der Waals surface area contributed by atoms with Gasteiger partial charge in [0.15, 0.2) is 0 Å². The summed E-state index contributed by atoms with van der Waals surface area (Å²) in [7, 11) is 0. The molecule has 18 heavy (non-hydrogen) atoms. The Morgan fingerprint density at radius 1 is 1.17 bits per heavy atom. The smallest absolute Gasteiger partial charge is 0.131 e. The van der Waals surface area contributed by atoms with E-state index in [4.69, 9.17) is 10.00 Å². The van der Waals surface area contributed by atoms with Crippen LogP contribution in [0.15, 0.2) is 42.5 Å². The number of alkyl halides is 1. The van der Waals surface area contributed by atoms with E-state index in [2.05, 4.69) is 22.0 Å². The number of benzene rings is 2. The molecule has 90 valence electrons. The highest BCUT2D eigenvalue weighted by molar-refractivity contribution is 9.08. The number of aryl methyl sites for hydroxylation is 1. The molecule has 0 amide bonds. The molecule has 0 saturated heterocycles. The van der Waals surface area contributed by atoms with Crippen molar-refractivity contribution in [3.8, 4) is 17.6 Å². The number of hydrogen-bond donors (Lipinski definition) is 0. The van der Waals surface area contributed by atoms with Crippen molar-refractivity contribution in [1.29, 1.82) is 5.26 Å². The molecule has 0 aliphatic carbocycles. The first-order valence-electron chi connectivity index (χ1n) is 5.57. The SMILES string of the molecule is Cc1ccc(C#N)cc1Oc1ccccc1CBr. The van der Waals surface area contributed by atoms with Gasteiger partial charge < -0.3 is 4.74 Å². The van der Waals surface area contributed by atoms with Gasteiger partial charge in [0.1, 0.15) is 11.5 Å². The number of para-hydroxylation sites is 1. The lowest BCUT2D eigenvalue weighted by molar-refractivity contribution is 0.475. The highest BCUT2D eigenvalue weighted by Gasteiger charge is 2.06. The molecule has 0 heterocycles. The second-order valence-corrected chi connectivity index (χ2v) is 4.50. The van der Waals surface area contributed by atoms with E-state index < -0.39 is 0 Å². The van der Waals surface area contributed by atoms with Crippen LogP contribution < -0.4 is 4.74 Å². The third-order valence-electron chi connectivity index (χ3n) is 2.65. The molecule has 3 heteroatoms. The highest BCUT2D eigenvalue weighted by Crippen LogP contribution is 2.29. The topological polar surface area (TPSA) is 33.0 Å². The maximum absolute atomic E-state index is 8.91. The first-order valence-corrected chi connectivity index (χ1v) is 6.69. The van der Waals surface area contributed by atoms with Gasteiger partial charge in [-0.3, -0.25) is 0 Å². The van der Waals surface area contributed by atoms with Gasteiger partial charge in [-0.15, -0.1) is 0 Å². The van der Waals surface area contributed by atoms with Crippen LogP contribution in [0, 0.1) is 18.3 Å². The molecule has 0 unspecified atom stereocenters. The molecule has 0 bridgehead atoms. The molecule has 2 aromatic rings. The Labute approximate surface area is 115 Å². The quantitative estimate of drug-likeness (QED) is 0.779. The fourth-order valence-corrected chi connectivity index (χ4v) is 2.08. The largest absolute Gasteiger partial charge is 0.457 e. The van der Waals surface area contributed by atoms with E-state index in [0.717, 1.165) is 28.0 Å². The molecule has 0 spiro atoms. The molecule has 0 radical (unpaired) electrons. The third-order valence-corrected chi connectivity index (χ3v) is 3.26. The summed E-state index contributed by atoms with van der Waals surface area (Å²) >= 11 is 3.44. The molecule has 2 nitrogen and oxygen atoms in total. The van der Waals surface area contributed by atoms with Gasteiger partial charge in [-0.2, -0.15) is 5.26 Å². The number of nitrogens with zero attached hydrogens (tertiary/aromatic N) is 1. The highest BCUT2D eigenvalue weighted by atomic mass is 79.9. The summed E-state index contributed by atoms with van der Waals surface area (Å²) in [4.78, 5) is 0. The lowest BCUT2D eigenvalue weighted by Gasteiger charge is -2.11. The van der Waals surface area contributed by atoms with E-state index in [9.17, 15) is 0 Å². The Kier molecular flexibility index (Phi) is 4.01. The van der Waals surface area contributed by atoms with Crippen molar-refractivity contribution in [2.45, 2.75) is 12.3 Å². The number of rotatable bonds is 3. The van der Waals surface area contributed by atoms with E-state index in [1.54, 1.807) is 12.1 Å². The Bertz CT molecular complexity index is 602. The van der Waals surface area contributed by atoms with Crippen LogP contribution in [0.4, 0.5) is 0 Å². The van der Waals surface area contributed by atoms with E-state index >= 15 is 0 Å². The van der Waals surface area contributed by atoms with Crippen molar-refractivity contribution < 1.29 is 4.74 Å². The predicted octanol–water partition coefficient (Wildman–Crippen LogP) is 4.55. The Morgan fingerprint density at radius 2 is 1.94 bits per heavy atom. The van der Waals surface area contributed by atoms with Gasteiger partial charge in [-0.1, -0.05) is 40.2 Å². The molecule has 2 aromatic carbocycles. The van der Waals surface area contributed by atoms with Gasteiger partial charge >= 0.3 is 0 Å². The lowest BCUT2D eigenvalue weighted by Crippen LogP contribution is -1.92. The lowest BCUT2D eigenvalue weighted by atomic mass is 10.1.